The van der Waals surface area contributed by atoms with E-state index in [0.29, 0.717) is 6.54 Å². The van der Waals surface area contributed by atoms with Crippen molar-refractivity contribution in [3.63, 3.8) is 0 Å². The molecule has 0 radical (unpaired) electrons. The van der Waals surface area contributed by atoms with Crippen molar-refractivity contribution in [2.45, 2.75) is 38.5 Å². The Labute approximate surface area is 157 Å². The van der Waals surface area contributed by atoms with Crippen LogP contribution in [0, 0.1) is 0 Å². The Morgan fingerprint density at radius 2 is 2.19 bits per heavy atom. The van der Waals surface area contributed by atoms with Crippen LogP contribution in [0.25, 0.3) is 10.9 Å². The van der Waals surface area contributed by atoms with Crippen LogP contribution < -0.4 is 10.1 Å². The molecule has 27 heavy (non-hydrogen) atoms. The maximum Gasteiger partial charge on any atom is 0.271 e. The van der Waals surface area contributed by atoms with Crippen molar-refractivity contribution in [3.8, 4) is 5.75 Å². The number of carbonyl (C=O) groups excluding carboxylic acids is 1. The molecule has 0 spiro atoms. The van der Waals surface area contributed by atoms with Gasteiger partial charge in [-0.3, -0.25) is 14.3 Å². The van der Waals surface area contributed by atoms with E-state index >= 15 is 0 Å². The van der Waals surface area contributed by atoms with Crippen LogP contribution in [0.3, 0.4) is 0 Å². The summed E-state index contributed by atoms with van der Waals surface area (Å²) in [7, 11) is 0. The van der Waals surface area contributed by atoms with Gasteiger partial charge in [0.05, 0.1) is 11.6 Å². The molecule has 0 aliphatic carbocycles. The molecular formula is C21H23N3O3. The van der Waals surface area contributed by atoms with Crippen LogP contribution in [0.2, 0.25) is 0 Å². The third-order valence-electron chi connectivity index (χ3n) is 5.01. The van der Waals surface area contributed by atoms with Gasteiger partial charge in [-0.05, 0) is 38.0 Å². The average Bonchev–Trinajstić information content (AvgIpc) is 3.05. The Balaban J connectivity index is 1.49. The maximum absolute atomic E-state index is 12.5. The van der Waals surface area contributed by atoms with E-state index < -0.39 is 12.2 Å². The molecule has 3 heterocycles. The number of hydrogen-bond acceptors (Lipinski definition) is 5. The van der Waals surface area contributed by atoms with Gasteiger partial charge in [0.2, 0.25) is 0 Å². The van der Waals surface area contributed by atoms with Crippen LogP contribution >= 0.6 is 0 Å². The average molecular weight is 365 g/mol. The molecule has 3 atom stereocenters. The number of ether oxygens (including phenoxy) is 1. The smallest absolute Gasteiger partial charge is 0.271 e. The number of rotatable bonds is 6. The fourth-order valence-electron chi connectivity index (χ4n) is 3.59. The molecule has 0 bridgehead atoms. The van der Waals surface area contributed by atoms with E-state index in [9.17, 15) is 9.90 Å². The normalized spacial score (nSPS) is 18.3. The Hall–Kier alpha value is -2.70. The fourth-order valence-corrected chi connectivity index (χ4v) is 3.59. The van der Waals surface area contributed by atoms with Crippen molar-refractivity contribution in [1.82, 2.24) is 14.9 Å². The SMILES string of the molecule is C[C@H](Cc1cn2c3c(cccc13)O[C@@H](C)C2=O)NC[C@H](O)c1cccnc1. The summed E-state index contributed by atoms with van der Waals surface area (Å²) in [6.07, 6.45) is 4.95. The first-order chi connectivity index (χ1) is 13.0. The lowest BCUT2D eigenvalue weighted by atomic mass is 10.1. The molecule has 6 heteroatoms. The first kappa shape index (κ1) is 17.7. The Morgan fingerprint density at radius 3 is 2.96 bits per heavy atom. The van der Waals surface area contributed by atoms with Crippen LogP contribution in [0.15, 0.2) is 48.9 Å². The zero-order chi connectivity index (χ0) is 19.0. The highest BCUT2D eigenvalue weighted by Crippen LogP contribution is 2.34. The summed E-state index contributed by atoms with van der Waals surface area (Å²) in [5, 5.41) is 14.7. The molecule has 2 aromatic heterocycles. The molecule has 3 aromatic rings. The van der Waals surface area contributed by atoms with Gasteiger partial charge in [-0.25, -0.2) is 0 Å². The van der Waals surface area contributed by atoms with Gasteiger partial charge in [-0.15, -0.1) is 0 Å². The summed E-state index contributed by atoms with van der Waals surface area (Å²) in [6.45, 7) is 4.28. The molecule has 0 unspecified atom stereocenters. The number of aliphatic hydroxyl groups is 1. The number of aromatic nitrogens is 2. The highest BCUT2D eigenvalue weighted by Gasteiger charge is 2.28. The van der Waals surface area contributed by atoms with Crippen LogP contribution in [0.5, 0.6) is 5.75 Å². The number of nitrogens with zero attached hydrogens (tertiary/aromatic N) is 2. The molecule has 1 aromatic carbocycles. The first-order valence-electron chi connectivity index (χ1n) is 9.19. The lowest BCUT2D eigenvalue weighted by molar-refractivity contribution is 0.0710. The van der Waals surface area contributed by atoms with E-state index in [4.69, 9.17) is 4.74 Å². The molecule has 1 aliphatic rings. The summed E-state index contributed by atoms with van der Waals surface area (Å²) >= 11 is 0. The lowest BCUT2D eigenvalue weighted by Crippen LogP contribution is -2.32. The van der Waals surface area contributed by atoms with E-state index in [1.807, 2.05) is 36.5 Å². The Morgan fingerprint density at radius 1 is 1.33 bits per heavy atom. The van der Waals surface area contributed by atoms with Gasteiger partial charge in [0, 0.05) is 42.1 Å². The largest absolute Gasteiger partial charge is 0.479 e. The van der Waals surface area contributed by atoms with Gasteiger partial charge in [0.1, 0.15) is 5.75 Å². The third kappa shape index (κ3) is 3.34. The summed E-state index contributed by atoms with van der Waals surface area (Å²) in [5.74, 6) is 0.705. The van der Waals surface area contributed by atoms with Crippen molar-refractivity contribution in [2.75, 3.05) is 6.54 Å². The molecule has 4 rings (SSSR count). The summed E-state index contributed by atoms with van der Waals surface area (Å²) in [4.78, 5) is 16.5. The highest BCUT2D eigenvalue weighted by atomic mass is 16.5. The standard InChI is InChI=1S/C21H23N3O3/c1-13(23-11-18(25)15-5-4-8-22-10-15)9-16-12-24-20-17(16)6-3-7-19(20)27-14(2)21(24)26/h3-8,10,12-14,18,23,25H,9,11H2,1-2H3/t13-,14+,18+/m1/s1. The zero-order valence-corrected chi connectivity index (χ0v) is 15.4. The topological polar surface area (TPSA) is 76.4 Å². The van der Waals surface area contributed by atoms with Crippen molar-refractivity contribution < 1.29 is 14.6 Å². The number of benzene rings is 1. The van der Waals surface area contributed by atoms with Crippen molar-refractivity contribution in [3.05, 3.63) is 60.0 Å². The van der Waals surface area contributed by atoms with E-state index in [0.717, 1.165) is 34.2 Å². The number of nitrogens with one attached hydrogen (secondary N) is 1. The monoisotopic (exact) mass is 365 g/mol. The van der Waals surface area contributed by atoms with Gasteiger partial charge in [0.15, 0.2) is 6.10 Å². The van der Waals surface area contributed by atoms with Gasteiger partial charge < -0.3 is 15.2 Å². The molecular weight excluding hydrogens is 342 g/mol. The van der Waals surface area contributed by atoms with Gasteiger partial charge in [0.25, 0.3) is 5.91 Å². The molecule has 0 saturated heterocycles. The first-order valence-corrected chi connectivity index (χ1v) is 9.19. The predicted molar refractivity (Wildman–Crippen MR) is 103 cm³/mol. The Bertz CT molecular complexity index is 967. The second kappa shape index (κ2) is 7.13. The molecule has 6 nitrogen and oxygen atoms in total. The van der Waals surface area contributed by atoms with Crippen molar-refractivity contribution >= 4 is 16.8 Å². The van der Waals surface area contributed by atoms with E-state index in [-0.39, 0.29) is 11.9 Å². The second-order valence-corrected chi connectivity index (χ2v) is 7.09. The lowest BCUT2D eigenvalue weighted by Gasteiger charge is -2.21. The molecule has 1 aliphatic heterocycles. The number of pyridine rings is 1. The molecule has 0 saturated carbocycles. The van der Waals surface area contributed by atoms with Crippen LogP contribution in [-0.4, -0.2) is 39.3 Å². The van der Waals surface area contributed by atoms with Crippen molar-refractivity contribution in [2.24, 2.45) is 0 Å². The summed E-state index contributed by atoms with van der Waals surface area (Å²) in [5.41, 5.74) is 2.73. The maximum atomic E-state index is 12.5. The highest BCUT2D eigenvalue weighted by molar-refractivity contribution is 6.01. The summed E-state index contributed by atoms with van der Waals surface area (Å²) < 4.78 is 7.45. The quantitative estimate of drug-likeness (QED) is 0.702. The third-order valence-corrected chi connectivity index (χ3v) is 5.01. The van der Waals surface area contributed by atoms with E-state index in [1.165, 1.54) is 0 Å². The minimum atomic E-state index is -0.605. The Kier molecular flexibility index (Phi) is 4.68. The number of hydrogen-bond donors (Lipinski definition) is 2. The van der Waals surface area contributed by atoms with Crippen LogP contribution in [0.4, 0.5) is 0 Å². The molecule has 0 fully saturated rings. The van der Waals surface area contributed by atoms with Gasteiger partial charge >= 0.3 is 0 Å². The molecule has 2 N–H and O–H groups in total. The molecule has 140 valence electrons. The number of aliphatic hydroxyl groups excluding tert-OH is 1. The molecule has 0 amide bonds. The van der Waals surface area contributed by atoms with Crippen molar-refractivity contribution in [1.29, 1.82) is 0 Å². The predicted octanol–water partition coefficient (Wildman–Crippen LogP) is 2.71. The minimum Gasteiger partial charge on any atom is -0.479 e. The van der Waals surface area contributed by atoms with E-state index in [2.05, 4.69) is 17.2 Å². The number of para-hydroxylation sites is 1. The fraction of sp³-hybridized carbons (Fsp3) is 0.333. The minimum absolute atomic E-state index is 0.0439. The van der Waals surface area contributed by atoms with Gasteiger partial charge in [-0.1, -0.05) is 18.2 Å². The van der Waals surface area contributed by atoms with E-state index in [1.54, 1.807) is 23.9 Å². The second-order valence-electron chi connectivity index (χ2n) is 7.09. The summed E-state index contributed by atoms with van der Waals surface area (Å²) in [6, 6.07) is 9.69. The zero-order valence-electron chi connectivity index (χ0n) is 15.4. The van der Waals surface area contributed by atoms with Crippen LogP contribution in [0.1, 0.15) is 35.9 Å². The van der Waals surface area contributed by atoms with Crippen LogP contribution in [-0.2, 0) is 6.42 Å². The number of carbonyl (C=O) groups is 1. The van der Waals surface area contributed by atoms with Gasteiger partial charge in [-0.2, -0.15) is 0 Å².